The Morgan fingerprint density at radius 2 is 1.74 bits per heavy atom. The summed E-state index contributed by atoms with van der Waals surface area (Å²) in [6.45, 7) is 0.779. The molecule has 6 nitrogen and oxygen atoms in total. The van der Waals surface area contributed by atoms with Crippen LogP contribution in [0, 0.1) is 0 Å². The van der Waals surface area contributed by atoms with Gasteiger partial charge in [0.25, 0.3) is 11.8 Å². The lowest BCUT2D eigenvalue weighted by molar-refractivity contribution is 0.0880. The third-order valence-corrected chi connectivity index (χ3v) is 5.32. The van der Waals surface area contributed by atoms with Crippen molar-refractivity contribution in [3.63, 3.8) is 0 Å². The van der Waals surface area contributed by atoms with Gasteiger partial charge in [-0.2, -0.15) is 0 Å². The average Bonchev–Trinajstić information content (AvgIpc) is 3.39. The van der Waals surface area contributed by atoms with Gasteiger partial charge in [0.15, 0.2) is 11.5 Å². The van der Waals surface area contributed by atoms with Crippen LogP contribution < -0.4 is 19.5 Å². The number of imide groups is 1. The van der Waals surface area contributed by atoms with E-state index in [1.807, 2.05) is 30.3 Å². The van der Waals surface area contributed by atoms with Crippen LogP contribution in [0.3, 0.4) is 0 Å². The molecule has 132 valence electrons. The van der Waals surface area contributed by atoms with Gasteiger partial charge in [0.2, 0.25) is 6.79 Å². The minimum Gasteiger partial charge on any atom is -0.492 e. The highest BCUT2D eigenvalue weighted by Gasteiger charge is 2.34. The van der Waals surface area contributed by atoms with Gasteiger partial charge in [-0.1, -0.05) is 18.2 Å². The molecule has 0 unspecified atom stereocenters. The van der Waals surface area contributed by atoms with Crippen LogP contribution in [-0.4, -0.2) is 25.2 Å². The molecule has 0 bridgehead atoms. The van der Waals surface area contributed by atoms with E-state index in [-0.39, 0.29) is 18.6 Å². The van der Waals surface area contributed by atoms with Gasteiger partial charge in [0.1, 0.15) is 5.75 Å². The zero-order valence-electron chi connectivity index (χ0n) is 14.1. The summed E-state index contributed by atoms with van der Waals surface area (Å²) < 4.78 is 16.8. The molecule has 2 amide bonds. The summed E-state index contributed by atoms with van der Waals surface area (Å²) >= 11 is 0. The number of carbonyl (C=O) groups excluding carboxylic acids is 2. The predicted octanol–water partition coefficient (Wildman–Crippen LogP) is 3.05. The lowest BCUT2D eigenvalue weighted by Crippen LogP contribution is -2.20. The van der Waals surface area contributed by atoms with Gasteiger partial charge in [-0.3, -0.25) is 14.9 Å². The van der Waals surface area contributed by atoms with Crippen molar-refractivity contribution in [2.24, 2.45) is 0 Å². The minimum atomic E-state index is -0.389. The van der Waals surface area contributed by atoms with Crippen LogP contribution in [0.15, 0.2) is 36.4 Å². The Hall–Kier alpha value is -3.54. The van der Waals surface area contributed by atoms with E-state index < -0.39 is 0 Å². The Morgan fingerprint density at radius 1 is 0.852 bits per heavy atom. The molecular weight excluding hydrogens is 346 g/mol. The monoisotopic (exact) mass is 359 g/mol. The molecule has 3 aliphatic rings. The Bertz CT molecular complexity index is 1200. The van der Waals surface area contributed by atoms with Crippen LogP contribution in [0.2, 0.25) is 0 Å². The quantitative estimate of drug-likeness (QED) is 0.676. The van der Waals surface area contributed by atoms with Crippen LogP contribution in [0.25, 0.3) is 21.9 Å². The number of fused-ring (bicyclic) bond motifs is 5. The average molecular weight is 359 g/mol. The first-order valence-corrected chi connectivity index (χ1v) is 8.72. The van der Waals surface area contributed by atoms with Crippen molar-refractivity contribution in [2.75, 3.05) is 13.4 Å². The predicted molar refractivity (Wildman–Crippen MR) is 96.5 cm³/mol. The number of hydrogen-bond donors (Lipinski definition) is 1. The van der Waals surface area contributed by atoms with Gasteiger partial charge in [0.05, 0.1) is 17.7 Å². The van der Waals surface area contributed by atoms with Crippen molar-refractivity contribution in [1.82, 2.24) is 5.32 Å². The highest BCUT2D eigenvalue weighted by atomic mass is 16.7. The second kappa shape index (κ2) is 5.01. The number of nitrogens with one attached hydrogen (secondary N) is 1. The van der Waals surface area contributed by atoms with Crippen molar-refractivity contribution < 1.29 is 23.8 Å². The van der Waals surface area contributed by atoms with Gasteiger partial charge >= 0.3 is 0 Å². The Kier molecular flexibility index (Phi) is 2.71. The molecule has 0 aliphatic carbocycles. The molecule has 0 saturated carbocycles. The van der Waals surface area contributed by atoms with Gasteiger partial charge in [0, 0.05) is 17.4 Å². The molecule has 1 N–H and O–H groups in total. The molecule has 6 heteroatoms. The molecule has 0 fully saturated rings. The van der Waals surface area contributed by atoms with Gasteiger partial charge < -0.3 is 14.2 Å². The highest BCUT2D eigenvalue weighted by Crippen LogP contribution is 2.46. The first kappa shape index (κ1) is 14.6. The SMILES string of the molecule is O=C1NC(=O)c2c1cc1ccc3c(c1c2-c1ccc2c(c1)OCO2)OCC3. The zero-order chi connectivity index (χ0) is 18.1. The van der Waals surface area contributed by atoms with Gasteiger partial charge in [-0.15, -0.1) is 0 Å². The second-order valence-corrected chi connectivity index (χ2v) is 6.78. The smallest absolute Gasteiger partial charge is 0.259 e. The van der Waals surface area contributed by atoms with Gasteiger partial charge in [-0.25, -0.2) is 0 Å². The normalized spacial score (nSPS) is 16.3. The summed E-state index contributed by atoms with van der Waals surface area (Å²) in [4.78, 5) is 24.9. The van der Waals surface area contributed by atoms with E-state index >= 15 is 0 Å². The summed E-state index contributed by atoms with van der Waals surface area (Å²) in [5, 5.41) is 4.13. The summed E-state index contributed by atoms with van der Waals surface area (Å²) in [5.41, 5.74) is 3.36. The van der Waals surface area contributed by atoms with E-state index in [2.05, 4.69) is 5.32 Å². The molecule has 0 saturated heterocycles. The fraction of sp³-hybridized carbons (Fsp3) is 0.143. The lowest BCUT2D eigenvalue weighted by atomic mass is 9.89. The van der Waals surface area contributed by atoms with Crippen molar-refractivity contribution >= 4 is 22.6 Å². The molecular formula is C21H13NO5. The molecule has 0 aromatic heterocycles. The van der Waals surface area contributed by atoms with E-state index in [1.165, 1.54) is 0 Å². The van der Waals surface area contributed by atoms with E-state index in [9.17, 15) is 9.59 Å². The summed E-state index contributed by atoms with van der Waals surface area (Å²) in [7, 11) is 0. The zero-order valence-corrected chi connectivity index (χ0v) is 14.1. The fourth-order valence-electron chi connectivity index (χ4n) is 4.12. The summed E-state index contributed by atoms with van der Waals surface area (Å²) in [5.74, 6) is 1.31. The van der Waals surface area contributed by atoms with Crippen LogP contribution in [0.4, 0.5) is 0 Å². The maximum atomic E-state index is 12.6. The molecule has 6 rings (SSSR count). The largest absolute Gasteiger partial charge is 0.492 e. The molecule has 0 atom stereocenters. The maximum Gasteiger partial charge on any atom is 0.259 e. The first-order chi connectivity index (χ1) is 13.2. The molecule has 3 aromatic carbocycles. The first-order valence-electron chi connectivity index (χ1n) is 8.72. The molecule has 27 heavy (non-hydrogen) atoms. The van der Waals surface area contributed by atoms with Crippen LogP contribution in [0.1, 0.15) is 26.3 Å². The number of hydrogen-bond acceptors (Lipinski definition) is 5. The van der Waals surface area contributed by atoms with Crippen LogP contribution in [-0.2, 0) is 6.42 Å². The van der Waals surface area contributed by atoms with Gasteiger partial charge in [-0.05, 0) is 34.7 Å². The number of rotatable bonds is 1. The number of benzene rings is 3. The third kappa shape index (κ3) is 1.89. The topological polar surface area (TPSA) is 73.9 Å². The third-order valence-electron chi connectivity index (χ3n) is 5.32. The standard InChI is InChI=1S/C21H13NO5/c23-20-13-7-11-2-1-10-5-6-25-19(10)17(11)16(18(13)21(24)22-20)12-3-4-14-15(8-12)27-9-26-14/h1-4,7-8H,5-6,9H2,(H,22,23,24). The van der Waals surface area contributed by atoms with Crippen molar-refractivity contribution in [1.29, 1.82) is 0 Å². The molecule has 3 aliphatic heterocycles. The van der Waals surface area contributed by atoms with Crippen molar-refractivity contribution in [3.05, 3.63) is 53.1 Å². The summed E-state index contributed by atoms with van der Waals surface area (Å²) in [6, 6.07) is 11.3. The second-order valence-electron chi connectivity index (χ2n) is 6.78. The lowest BCUT2D eigenvalue weighted by Gasteiger charge is -2.15. The maximum absolute atomic E-state index is 12.6. The minimum absolute atomic E-state index is 0.171. The molecule has 3 aromatic rings. The van der Waals surface area contributed by atoms with E-state index in [0.717, 1.165) is 34.1 Å². The number of ether oxygens (including phenoxy) is 3. The molecule has 0 spiro atoms. The van der Waals surface area contributed by atoms with Crippen molar-refractivity contribution in [3.8, 4) is 28.4 Å². The summed E-state index contributed by atoms with van der Waals surface area (Å²) in [6.07, 6.45) is 0.827. The molecule has 3 heterocycles. The van der Waals surface area contributed by atoms with Crippen LogP contribution in [0.5, 0.6) is 17.2 Å². The van der Waals surface area contributed by atoms with E-state index in [4.69, 9.17) is 14.2 Å². The Balaban J connectivity index is 1.76. The molecule has 0 radical (unpaired) electrons. The van der Waals surface area contributed by atoms with E-state index in [1.54, 1.807) is 6.07 Å². The van der Waals surface area contributed by atoms with Crippen LogP contribution >= 0.6 is 0 Å². The van der Waals surface area contributed by atoms with Crippen molar-refractivity contribution in [2.45, 2.75) is 6.42 Å². The fourth-order valence-corrected chi connectivity index (χ4v) is 4.12. The Morgan fingerprint density at radius 3 is 2.67 bits per heavy atom. The highest BCUT2D eigenvalue weighted by molar-refractivity contribution is 6.28. The van der Waals surface area contributed by atoms with E-state index in [0.29, 0.717) is 34.8 Å². The number of amides is 2. The Labute approximate surface area is 153 Å². The number of carbonyl (C=O) groups is 2.